The third kappa shape index (κ3) is 7.39. The number of nitrogens with zero attached hydrogens (tertiary/aromatic N) is 2. The molecule has 14 heteroatoms. The molecule has 1 N–H and O–H groups in total. The van der Waals surface area contributed by atoms with E-state index in [-0.39, 0.29) is 16.6 Å². The second-order valence-electron chi connectivity index (χ2n) is 7.49. The number of hydrogen-bond acceptors (Lipinski definition) is 4. The number of likely N-dealkylation sites (N-methyl/N-ethyl adjacent to an activating group) is 1. The number of alkyl halides is 3. The van der Waals surface area contributed by atoms with Gasteiger partial charge in [-0.05, 0) is 42.8 Å². The van der Waals surface area contributed by atoms with E-state index in [0.29, 0.717) is 15.9 Å². The number of nitrogens with one attached hydrogen (secondary N) is 1. The molecule has 0 spiro atoms. The van der Waals surface area contributed by atoms with E-state index in [1.165, 1.54) is 26.1 Å². The molecule has 0 saturated heterocycles. The molecule has 2 aromatic carbocycles. The molecule has 7 nitrogen and oxygen atoms in total. The number of sulfonamides is 1. The van der Waals surface area contributed by atoms with E-state index in [0.717, 1.165) is 23.3 Å². The van der Waals surface area contributed by atoms with Crippen molar-refractivity contribution in [3.63, 3.8) is 0 Å². The van der Waals surface area contributed by atoms with Crippen LogP contribution in [0.25, 0.3) is 0 Å². The Morgan fingerprint density at radius 2 is 1.63 bits per heavy atom. The second kappa shape index (κ2) is 11.2. The lowest BCUT2D eigenvalue weighted by Crippen LogP contribution is -2.50. The fourth-order valence-electron chi connectivity index (χ4n) is 3.13. The summed E-state index contributed by atoms with van der Waals surface area (Å²) >= 11 is 17.6. The Kier molecular flexibility index (Phi) is 9.32. The number of amides is 2. The highest BCUT2D eigenvalue weighted by Crippen LogP contribution is 2.37. The van der Waals surface area contributed by atoms with Crippen molar-refractivity contribution in [2.45, 2.75) is 25.7 Å². The van der Waals surface area contributed by atoms with Crippen molar-refractivity contribution in [3.05, 3.63) is 62.6 Å². The molecule has 192 valence electrons. The van der Waals surface area contributed by atoms with Crippen molar-refractivity contribution < 1.29 is 31.2 Å². The Morgan fingerprint density at radius 1 is 1.03 bits per heavy atom. The van der Waals surface area contributed by atoms with Crippen molar-refractivity contribution in [2.24, 2.45) is 0 Å². The molecule has 2 amide bonds. The summed E-state index contributed by atoms with van der Waals surface area (Å²) in [6.07, 6.45) is -4.11. The van der Waals surface area contributed by atoms with Gasteiger partial charge in [-0.25, -0.2) is 8.42 Å². The van der Waals surface area contributed by atoms with Gasteiger partial charge in [-0.15, -0.1) is 0 Å². The van der Waals surface area contributed by atoms with Gasteiger partial charge in [0.15, 0.2) is 0 Å². The predicted octanol–water partition coefficient (Wildman–Crippen LogP) is 4.59. The molecule has 0 radical (unpaired) electrons. The predicted molar refractivity (Wildman–Crippen MR) is 129 cm³/mol. The number of anilines is 1. The molecule has 0 fully saturated rings. The lowest BCUT2D eigenvalue weighted by molar-refractivity contribution is -0.139. The summed E-state index contributed by atoms with van der Waals surface area (Å²) in [6.45, 7) is 0.389. The molecule has 0 aliphatic rings. The molecule has 1 unspecified atom stereocenters. The van der Waals surface area contributed by atoms with Gasteiger partial charge in [-0.2, -0.15) is 13.2 Å². The van der Waals surface area contributed by atoms with E-state index >= 15 is 0 Å². The first-order chi connectivity index (χ1) is 16.1. The maximum absolute atomic E-state index is 13.3. The normalized spacial score (nSPS) is 12.7. The fourth-order valence-corrected chi connectivity index (χ4v) is 4.51. The SMILES string of the molecule is CNC(=O)C(C)N(Cc1ccc(Cl)c(Cl)c1)C(=O)CN(c1ccc(Cl)c(C(F)(F)F)c1)S(C)(=O)=O. The van der Waals surface area contributed by atoms with Crippen LogP contribution in [0, 0.1) is 0 Å². The van der Waals surface area contributed by atoms with Crippen LogP contribution in [0.15, 0.2) is 36.4 Å². The van der Waals surface area contributed by atoms with Gasteiger partial charge in [-0.1, -0.05) is 40.9 Å². The van der Waals surface area contributed by atoms with Crippen molar-refractivity contribution in [2.75, 3.05) is 24.2 Å². The Bertz CT molecular complexity index is 1230. The lowest BCUT2D eigenvalue weighted by atomic mass is 10.1. The third-order valence-corrected chi connectivity index (χ3v) is 7.18. The summed E-state index contributed by atoms with van der Waals surface area (Å²) in [5, 5.41) is 2.23. The summed E-state index contributed by atoms with van der Waals surface area (Å²) in [6, 6.07) is 5.96. The number of halogens is 6. The van der Waals surface area contributed by atoms with Crippen LogP contribution in [-0.4, -0.2) is 51.0 Å². The molecule has 0 aliphatic heterocycles. The highest BCUT2D eigenvalue weighted by atomic mass is 35.5. The Balaban J connectivity index is 2.49. The fraction of sp³-hybridized carbons (Fsp3) is 0.333. The molecule has 0 aromatic heterocycles. The molecular formula is C21H21Cl3F3N3O4S. The van der Waals surface area contributed by atoms with Gasteiger partial charge in [0.2, 0.25) is 21.8 Å². The zero-order chi connectivity index (χ0) is 26.7. The summed E-state index contributed by atoms with van der Waals surface area (Å²) in [4.78, 5) is 26.6. The first-order valence-electron chi connectivity index (χ1n) is 9.85. The Morgan fingerprint density at radius 3 is 2.14 bits per heavy atom. The first-order valence-corrected chi connectivity index (χ1v) is 12.8. The third-order valence-electron chi connectivity index (χ3n) is 4.97. The summed E-state index contributed by atoms with van der Waals surface area (Å²) < 4.78 is 65.4. The van der Waals surface area contributed by atoms with Gasteiger partial charge in [-0.3, -0.25) is 13.9 Å². The van der Waals surface area contributed by atoms with E-state index in [4.69, 9.17) is 34.8 Å². The quantitative estimate of drug-likeness (QED) is 0.500. The maximum Gasteiger partial charge on any atom is 0.417 e. The molecule has 0 aliphatic carbocycles. The van der Waals surface area contributed by atoms with Crippen molar-refractivity contribution >= 4 is 62.3 Å². The van der Waals surface area contributed by atoms with Gasteiger partial charge in [0, 0.05) is 13.6 Å². The molecule has 2 aromatic rings. The molecule has 2 rings (SSSR count). The molecular weight excluding hydrogens is 554 g/mol. The molecule has 0 heterocycles. The van der Waals surface area contributed by atoms with E-state index in [1.54, 1.807) is 6.07 Å². The lowest BCUT2D eigenvalue weighted by Gasteiger charge is -2.31. The van der Waals surface area contributed by atoms with Gasteiger partial charge < -0.3 is 10.2 Å². The van der Waals surface area contributed by atoms with Gasteiger partial charge >= 0.3 is 6.18 Å². The second-order valence-corrected chi connectivity index (χ2v) is 10.6. The zero-order valence-corrected chi connectivity index (χ0v) is 21.7. The van der Waals surface area contributed by atoms with E-state index in [2.05, 4.69) is 5.32 Å². The smallest absolute Gasteiger partial charge is 0.357 e. The van der Waals surface area contributed by atoms with Crippen LogP contribution in [0.5, 0.6) is 0 Å². The van der Waals surface area contributed by atoms with Crippen LogP contribution in [0.4, 0.5) is 18.9 Å². The van der Waals surface area contributed by atoms with Crippen LogP contribution in [0.2, 0.25) is 15.1 Å². The zero-order valence-electron chi connectivity index (χ0n) is 18.7. The van der Waals surface area contributed by atoms with Crippen molar-refractivity contribution in [1.29, 1.82) is 0 Å². The number of carbonyl (C=O) groups excluding carboxylic acids is 2. The van der Waals surface area contributed by atoms with Crippen LogP contribution in [0.3, 0.4) is 0 Å². The van der Waals surface area contributed by atoms with Crippen LogP contribution < -0.4 is 9.62 Å². The highest BCUT2D eigenvalue weighted by Gasteiger charge is 2.35. The minimum atomic E-state index is -4.85. The number of carbonyl (C=O) groups is 2. The van der Waals surface area contributed by atoms with Crippen LogP contribution in [-0.2, 0) is 32.3 Å². The largest absolute Gasteiger partial charge is 0.417 e. The average Bonchev–Trinajstić information content (AvgIpc) is 2.76. The maximum atomic E-state index is 13.3. The molecule has 1 atom stereocenters. The standard InChI is InChI=1S/C21H21Cl3F3N3O4S/c1-12(20(32)28-2)29(10-13-4-6-17(23)18(24)8-13)19(31)11-30(35(3,33)34)14-5-7-16(22)15(9-14)21(25,26)27/h4-9,12H,10-11H2,1-3H3,(H,28,32). The van der Waals surface area contributed by atoms with Crippen molar-refractivity contribution in [3.8, 4) is 0 Å². The Hall–Kier alpha value is -2.21. The molecule has 0 saturated carbocycles. The molecule has 0 bridgehead atoms. The number of benzene rings is 2. The van der Waals surface area contributed by atoms with Crippen molar-refractivity contribution in [1.82, 2.24) is 10.2 Å². The monoisotopic (exact) mass is 573 g/mol. The van der Waals surface area contributed by atoms with E-state index < -0.39 is 56.9 Å². The Labute approximate surface area is 215 Å². The first kappa shape index (κ1) is 29.0. The molecule has 35 heavy (non-hydrogen) atoms. The highest BCUT2D eigenvalue weighted by molar-refractivity contribution is 7.92. The van der Waals surface area contributed by atoms with E-state index in [9.17, 15) is 31.2 Å². The topological polar surface area (TPSA) is 86.8 Å². The number of hydrogen-bond donors (Lipinski definition) is 1. The van der Waals surface area contributed by atoms with Gasteiger partial charge in [0.05, 0.1) is 32.6 Å². The summed E-state index contributed by atoms with van der Waals surface area (Å²) in [5.74, 6) is -1.39. The summed E-state index contributed by atoms with van der Waals surface area (Å²) in [5.41, 5.74) is -1.19. The van der Waals surface area contributed by atoms with Crippen LogP contribution in [0.1, 0.15) is 18.1 Å². The average molecular weight is 575 g/mol. The van der Waals surface area contributed by atoms with E-state index in [1.807, 2.05) is 0 Å². The summed E-state index contributed by atoms with van der Waals surface area (Å²) in [7, 11) is -2.87. The minimum absolute atomic E-state index is 0.156. The number of rotatable bonds is 8. The van der Waals surface area contributed by atoms with Gasteiger partial charge in [0.25, 0.3) is 0 Å². The van der Waals surface area contributed by atoms with Gasteiger partial charge in [0.1, 0.15) is 12.6 Å². The van der Waals surface area contributed by atoms with Crippen LogP contribution >= 0.6 is 34.8 Å². The minimum Gasteiger partial charge on any atom is -0.357 e.